The molecule has 7 heteroatoms. The molecule has 2 aromatic heterocycles. The number of rotatable bonds is 8. The number of fused-ring (bicyclic) bond motifs is 1. The molecule has 1 aromatic carbocycles. The van der Waals surface area contributed by atoms with Crippen molar-refractivity contribution in [1.29, 1.82) is 5.41 Å². The molecule has 0 saturated heterocycles. The highest BCUT2D eigenvalue weighted by Crippen LogP contribution is 2.29. The second-order valence-corrected chi connectivity index (χ2v) is 6.00. The van der Waals surface area contributed by atoms with E-state index in [1.165, 1.54) is 6.21 Å². The quantitative estimate of drug-likeness (QED) is 0.524. The zero-order valence-electron chi connectivity index (χ0n) is 15.5. The summed E-state index contributed by atoms with van der Waals surface area (Å²) in [5.74, 6) is 0.0394. The maximum atomic E-state index is 11.6. The summed E-state index contributed by atoms with van der Waals surface area (Å²) in [6.45, 7) is 2.82. The molecule has 2 heterocycles. The molecular weight excluding hydrogens is 354 g/mol. The average Bonchev–Trinajstić information content (AvgIpc) is 2.72. The molecule has 0 saturated carbocycles. The second-order valence-electron chi connectivity index (χ2n) is 6.00. The van der Waals surface area contributed by atoms with Gasteiger partial charge in [-0.2, -0.15) is 0 Å². The van der Waals surface area contributed by atoms with Crippen LogP contribution in [0.5, 0.6) is 5.75 Å². The van der Waals surface area contributed by atoms with Gasteiger partial charge in [-0.3, -0.25) is 14.8 Å². The van der Waals surface area contributed by atoms with Crippen LogP contribution in [-0.4, -0.2) is 28.6 Å². The van der Waals surface area contributed by atoms with E-state index in [0.717, 1.165) is 23.0 Å². The highest BCUT2D eigenvalue weighted by atomic mass is 16.5. The molecule has 0 fully saturated rings. The molecule has 1 amide bonds. The number of carbonyl (C=O) groups is 1. The van der Waals surface area contributed by atoms with Crippen molar-refractivity contribution in [1.82, 2.24) is 15.3 Å². The number of primary amides is 1. The lowest BCUT2D eigenvalue weighted by Gasteiger charge is -2.13. The highest BCUT2D eigenvalue weighted by molar-refractivity contribution is 6.09. The number of nitrogens with zero attached hydrogens (tertiary/aromatic N) is 2. The molecule has 7 nitrogen and oxygen atoms in total. The molecule has 142 valence electrons. The van der Waals surface area contributed by atoms with Crippen LogP contribution in [0, 0.1) is 5.41 Å². The zero-order chi connectivity index (χ0) is 19.9. The summed E-state index contributed by atoms with van der Waals surface area (Å²) in [4.78, 5) is 20.2. The lowest BCUT2D eigenvalue weighted by molar-refractivity contribution is 0.0997. The molecule has 0 aliphatic heterocycles. The summed E-state index contributed by atoms with van der Waals surface area (Å²) < 4.78 is 6.00. The van der Waals surface area contributed by atoms with Gasteiger partial charge >= 0.3 is 0 Å². The number of hydrogen-bond donors (Lipinski definition) is 3. The van der Waals surface area contributed by atoms with Crippen LogP contribution in [0.4, 0.5) is 0 Å². The fourth-order valence-electron chi connectivity index (χ4n) is 2.78. The Balaban J connectivity index is 2.00. The Labute approximate surface area is 162 Å². The number of nitrogens with two attached hydrogens (primary N) is 1. The first-order chi connectivity index (χ1) is 13.6. The van der Waals surface area contributed by atoms with Gasteiger partial charge in [-0.1, -0.05) is 0 Å². The Morgan fingerprint density at radius 1 is 1.25 bits per heavy atom. The molecule has 28 heavy (non-hydrogen) atoms. The number of pyridine rings is 2. The molecule has 0 unspecified atom stereocenters. The van der Waals surface area contributed by atoms with Gasteiger partial charge in [0.1, 0.15) is 12.4 Å². The largest absolute Gasteiger partial charge is 0.487 e. The third-order valence-corrected chi connectivity index (χ3v) is 4.15. The van der Waals surface area contributed by atoms with E-state index in [9.17, 15) is 4.79 Å². The van der Waals surface area contributed by atoms with Crippen molar-refractivity contribution in [2.45, 2.75) is 13.5 Å². The summed E-state index contributed by atoms with van der Waals surface area (Å²) in [7, 11) is 0. The Morgan fingerprint density at radius 2 is 2.04 bits per heavy atom. The van der Waals surface area contributed by atoms with E-state index in [1.807, 2.05) is 31.2 Å². The minimum atomic E-state index is -0.549. The Hall–Kier alpha value is -3.74. The van der Waals surface area contributed by atoms with Crippen molar-refractivity contribution in [2.75, 3.05) is 6.54 Å². The second kappa shape index (κ2) is 8.77. The lowest BCUT2D eigenvalue weighted by atomic mass is 10.0. The Bertz CT molecular complexity index is 1050. The molecule has 0 spiro atoms. The minimum Gasteiger partial charge on any atom is -0.487 e. The molecule has 4 N–H and O–H groups in total. The maximum absolute atomic E-state index is 11.6. The van der Waals surface area contributed by atoms with Crippen molar-refractivity contribution in [3.8, 4) is 5.75 Å². The van der Waals surface area contributed by atoms with Crippen LogP contribution in [0.3, 0.4) is 0 Å². The molecule has 3 rings (SSSR count). The smallest absolute Gasteiger partial charge is 0.250 e. The monoisotopic (exact) mass is 375 g/mol. The van der Waals surface area contributed by atoms with Crippen molar-refractivity contribution < 1.29 is 9.53 Å². The van der Waals surface area contributed by atoms with E-state index < -0.39 is 5.91 Å². The summed E-state index contributed by atoms with van der Waals surface area (Å²) in [6, 6.07) is 10.8. The normalized spacial score (nSPS) is 11.2. The molecule has 0 bridgehead atoms. The fourth-order valence-corrected chi connectivity index (χ4v) is 2.78. The molecule has 0 aliphatic carbocycles. The predicted molar refractivity (Wildman–Crippen MR) is 109 cm³/mol. The lowest BCUT2D eigenvalue weighted by Crippen LogP contribution is -2.15. The number of allylic oxidation sites excluding steroid dienone is 1. The number of benzene rings is 1. The summed E-state index contributed by atoms with van der Waals surface area (Å²) in [5.41, 5.74) is 8.46. The van der Waals surface area contributed by atoms with Crippen LogP contribution in [-0.2, 0) is 6.61 Å². The van der Waals surface area contributed by atoms with E-state index in [4.69, 9.17) is 15.9 Å². The predicted octanol–water partition coefficient (Wildman–Crippen LogP) is 2.91. The summed E-state index contributed by atoms with van der Waals surface area (Å²) in [5, 5.41) is 11.6. The van der Waals surface area contributed by atoms with Gasteiger partial charge in [0.15, 0.2) is 0 Å². The van der Waals surface area contributed by atoms with Crippen LogP contribution in [0.2, 0.25) is 0 Å². The number of nitrogens with one attached hydrogen (secondary N) is 2. The number of ether oxygens (including phenoxy) is 1. The van der Waals surface area contributed by atoms with Gasteiger partial charge in [0.2, 0.25) is 0 Å². The third kappa shape index (κ3) is 4.15. The number of carbonyl (C=O) groups excluding carboxylic acids is 1. The average molecular weight is 375 g/mol. The fraction of sp³-hybridized carbons (Fsp3) is 0.143. The van der Waals surface area contributed by atoms with Gasteiger partial charge in [0.25, 0.3) is 5.91 Å². The summed E-state index contributed by atoms with van der Waals surface area (Å²) >= 11 is 0. The molecule has 3 aromatic rings. The van der Waals surface area contributed by atoms with Gasteiger partial charge in [-0.25, -0.2) is 0 Å². The maximum Gasteiger partial charge on any atom is 0.250 e. The van der Waals surface area contributed by atoms with E-state index in [0.29, 0.717) is 22.6 Å². The van der Waals surface area contributed by atoms with E-state index in [1.54, 1.807) is 30.7 Å². The first-order valence-corrected chi connectivity index (χ1v) is 8.83. The number of aromatic nitrogens is 2. The molecular formula is C21H21N5O2. The van der Waals surface area contributed by atoms with Gasteiger partial charge < -0.3 is 21.2 Å². The molecule has 0 atom stereocenters. The SMILES string of the molecule is CCN/C=C(\C=N)c1cc(OCc2ncccc2C(N)=O)c2cccnc2c1. The van der Waals surface area contributed by atoms with E-state index in [2.05, 4.69) is 15.3 Å². The third-order valence-electron chi connectivity index (χ3n) is 4.15. The van der Waals surface area contributed by atoms with Crippen molar-refractivity contribution in [3.05, 3.63) is 71.8 Å². The van der Waals surface area contributed by atoms with Gasteiger partial charge in [-0.05, 0) is 48.9 Å². The van der Waals surface area contributed by atoms with Crippen molar-refractivity contribution >= 4 is 28.6 Å². The first-order valence-electron chi connectivity index (χ1n) is 8.83. The Kier molecular flexibility index (Phi) is 5.96. The van der Waals surface area contributed by atoms with Gasteiger partial charge in [-0.15, -0.1) is 0 Å². The van der Waals surface area contributed by atoms with Crippen LogP contribution in [0.15, 0.2) is 55.0 Å². The number of amides is 1. The topological polar surface area (TPSA) is 114 Å². The van der Waals surface area contributed by atoms with E-state index in [-0.39, 0.29) is 6.61 Å². The van der Waals surface area contributed by atoms with Gasteiger partial charge in [0, 0.05) is 42.3 Å². The van der Waals surface area contributed by atoms with Gasteiger partial charge in [0.05, 0.1) is 16.8 Å². The van der Waals surface area contributed by atoms with Crippen LogP contribution in [0.1, 0.15) is 28.5 Å². The van der Waals surface area contributed by atoms with Crippen molar-refractivity contribution in [2.24, 2.45) is 5.73 Å². The highest BCUT2D eigenvalue weighted by Gasteiger charge is 2.12. The first kappa shape index (κ1) is 19.0. The molecule has 0 radical (unpaired) electrons. The molecule has 0 aliphatic rings. The zero-order valence-corrected chi connectivity index (χ0v) is 15.5. The Morgan fingerprint density at radius 3 is 2.79 bits per heavy atom. The van der Waals surface area contributed by atoms with Crippen LogP contribution in [0.25, 0.3) is 16.5 Å². The summed E-state index contributed by atoms with van der Waals surface area (Å²) in [6.07, 6.45) is 6.36. The van der Waals surface area contributed by atoms with Crippen LogP contribution < -0.4 is 15.8 Å². The van der Waals surface area contributed by atoms with Crippen LogP contribution >= 0.6 is 0 Å². The van der Waals surface area contributed by atoms with Crippen molar-refractivity contribution in [3.63, 3.8) is 0 Å². The van der Waals surface area contributed by atoms with E-state index >= 15 is 0 Å². The minimum absolute atomic E-state index is 0.0867. The number of hydrogen-bond acceptors (Lipinski definition) is 6. The standard InChI is InChI=1S/C21H21N5O2/c1-2-24-12-15(11-22)14-9-18-16(5-3-7-25-18)20(10-14)28-13-19-17(21(23)27)6-4-8-26-19/h3-12,22,24H,2,13H2,1H3,(H2,23,27)/b15-12+,22-11?.